The molecule has 0 aliphatic rings. The molecule has 1 N–H and O–H groups in total. The summed E-state index contributed by atoms with van der Waals surface area (Å²) in [7, 11) is 4.08. The average molecular weight is 350 g/mol. The molecule has 26 heavy (non-hydrogen) atoms. The maximum atomic E-state index is 12.4. The molecular formula is C21H26N4O. The largest absolute Gasteiger partial charge is 0.378 e. The molecule has 0 spiro atoms. The highest BCUT2D eigenvalue weighted by Crippen LogP contribution is 2.21. The van der Waals surface area contributed by atoms with Gasteiger partial charge in [0.05, 0.1) is 16.9 Å². The molecule has 5 nitrogen and oxygen atoms in total. The molecule has 0 aliphatic carbocycles. The van der Waals surface area contributed by atoms with Crippen LogP contribution in [0.4, 0.5) is 5.69 Å². The first-order valence-corrected chi connectivity index (χ1v) is 8.99. The second-order valence-corrected chi connectivity index (χ2v) is 6.77. The first-order chi connectivity index (χ1) is 12.5. The highest BCUT2D eigenvalue weighted by molar-refractivity contribution is 5.77. The highest BCUT2D eigenvalue weighted by Gasteiger charge is 2.18. The van der Waals surface area contributed by atoms with Crippen LogP contribution in [0.15, 0.2) is 53.3 Å². The lowest BCUT2D eigenvalue weighted by atomic mass is 10.1. The minimum absolute atomic E-state index is 0.0193. The third-order valence-electron chi connectivity index (χ3n) is 4.82. The van der Waals surface area contributed by atoms with Crippen LogP contribution < -0.4 is 10.5 Å². The van der Waals surface area contributed by atoms with Gasteiger partial charge in [-0.2, -0.15) is 0 Å². The Morgan fingerprint density at radius 3 is 2.42 bits per heavy atom. The third kappa shape index (κ3) is 3.78. The number of hydrogen-bond donors (Lipinski definition) is 1. The van der Waals surface area contributed by atoms with E-state index < -0.39 is 0 Å². The molecule has 0 saturated heterocycles. The Morgan fingerprint density at radius 1 is 1.08 bits per heavy atom. The number of nitrogens with zero attached hydrogens (tertiary/aromatic N) is 3. The molecule has 136 valence electrons. The van der Waals surface area contributed by atoms with Gasteiger partial charge in [0.25, 0.3) is 5.56 Å². The summed E-state index contributed by atoms with van der Waals surface area (Å²) in [5, 5.41) is 0.630. The molecule has 0 amide bonds. The van der Waals surface area contributed by atoms with Crippen molar-refractivity contribution in [2.24, 2.45) is 0 Å². The molecule has 1 atom stereocenters. The smallest absolute Gasteiger partial charge is 0.258 e. The summed E-state index contributed by atoms with van der Waals surface area (Å²) in [5.74, 6) is 0.709. The number of fused-ring (bicyclic) bond motifs is 1. The Morgan fingerprint density at radius 2 is 1.77 bits per heavy atom. The fraction of sp³-hybridized carbons (Fsp3) is 0.333. The van der Waals surface area contributed by atoms with Crippen molar-refractivity contribution in [3.8, 4) is 0 Å². The summed E-state index contributed by atoms with van der Waals surface area (Å²) in [5.41, 5.74) is 3.09. The van der Waals surface area contributed by atoms with Crippen LogP contribution in [0, 0.1) is 0 Å². The van der Waals surface area contributed by atoms with Gasteiger partial charge in [0.1, 0.15) is 5.82 Å². The van der Waals surface area contributed by atoms with Crippen molar-refractivity contribution in [1.82, 2.24) is 14.9 Å². The number of anilines is 1. The van der Waals surface area contributed by atoms with Crippen LogP contribution in [0.1, 0.15) is 31.3 Å². The van der Waals surface area contributed by atoms with Gasteiger partial charge in [-0.1, -0.05) is 31.2 Å². The van der Waals surface area contributed by atoms with Crippen LogP contribution in [0.3, 0.4) is 0 Å². The lowest BCUT2D eigenvalue weighted by molar-refractivity contribution is 0.205. The molecule has 3 rings (SSSR count). The second-order valence-electron chi connectivity index (χ2n) is 6.77. The molecule has 0 radical (unpaired) electrons. The number of para-hydroxylation sites is 1. The van der Waals surface area contributed by atoms with Crippen molar-refractivity contribution < 1.29 is 0 Å². The Hall–Kier alpha value is -2.66. The zero-order chi connectivity index (χ0) is 18.7. The number of benzene rings is 2. The molecule has 1 aromatic heterocycles. The molecule has 1 heterocycles. The van der Waals surface area contributed by atoms with Gasteiger partial charge in [0.15, 0.2) is 0 Å². The summed E-state index contributed by atoms with van der Waals surface area (Å²) in [6.07, 6.45) is 0. The summed E-state index contributed by atoms with van der Waals surface area (Å²) < 4.78 is 0. The van der Waals surface area contributed by atoms with Crippen LogP contribution in [-0.4, -0.2) is 35.5 Å². The van der Waals surface area contributed by atoms with E-state index >= 15 is 0 Å². The van der Waals surface area contributed by atoms with Gasteiger partial charge in [-0.3, -0.25) is 9.69 Å². The second kappa shape index (κ2) is 7.70. The third-order valence-corrected chi connectivity index (χ3v) is 4.82. The molecule has 0 aliphatic heterocycles. The molecule has 0 saturated carbocycles. The topological polar surface area (TPSA) is 52.2 Å². The average Bonchev–Trinajstić information content (AvgIpc) is 2.66. The van der Waals surface area contributed by atoms with Crippen LogP contribution in [0.2, 0.25) is 0 Å². The maximum Gasteiger partial charge on any atom is 0.258 e. The predicted molar refractivity (Wildman–Crippen MR) is 108 cm³/mol. The molecule has 0 bridgehead atoms. The van der Waals surface area contributed by atoms with Crippen LogP contribution in [-0.2, 0) is 6.54 Å². The number of aromatic nitrogens is 2. The van der Waals surface area contributed by atoms with E-state index in [1.54, 1.807) is 6.07 Å². The van der Waals surface area contributed by atoms with Crippen LogP contribution in [0.25, 0.3) is 10.9 Å². The van der Waals surface area contributed by atoms with Crippen LogP contribution in [0.5, 0.6) is 0 Å². The predicted octanol–water partition coefficient (Wildman–Crippen LogP) is 3.57. The van der Waals surface area contributed by atoms with Crippen molar-refractivity contribution in [2.75, 3.05) is 25.5 Å². The van der Waals surface area contributed by atoms with Crippen molar-refractivity contribution in [2.45, 2.75) is 26.4 Å². The maximum absolute atomic E-state index is 12.4. The quantitative estimate of drug-likeness (QED) is 0.738. The Kier molecular flexibility index (Phi) is 5.38. The number of aromatic amines is 1. The van der Waals surface area contributed by atoms with Crippen LogP contribution >= 0.6 is 0 Å². The Balaban J connectivity index is 1.84. The van der Waals surface area contributed by atoms with Gasteiger partial charge in [0.2, 0.25) is 0 Å². The highest BCUT2D eigenvalue weighted by atomic mass is 16.1. The monoisotopic (exact) mass is 350 g/mol. The lowest BCUT2D eigenvalue weighted by Crippen LogP contribution is -2.29. The van der Waals surface area contributed by atoms with Gasteiger partial charge in [-0.25, -0.2) is 4.98 Å². The van der Waals surface area contributed by atoms with Gasteiger partial charge in [-0.15, -0.1) is 0 Å². The number of nitrogens with one attached hydrogen (secondary N) is 1. The van der Waals surface area contributed by atoms with Crippen molar-refractivity contribution in [3.63, 3.8) is 0 Å². The van der Waals surface area contributed by atoms with Crippen molar-refractivity contribution in [1.29, 1.82) is 0 Å². The minimum atomic E-state index is -0.0798. The van der Waals surface area contributed by atoms with E-state index in [-0.39, 0.29) is 11.6 Å². The fourth-order valence-corrected chi connectivity index (χ4v) is 3.13. The molecule has 0 unspecified atom stereocenters. The van der Waals surface area contributed by atoms with Gasteiger partial charge >= 0.3 is 0 Å². The van der Waals surface area contributed by atoms with E-state index in [1.165, 1.54) is 11.3 Å². The first-order valence-electron chi connectivity index (χ1n) is 8.99. The van der Waals surface area contributed by atoms with Crippen molar-refractivity contribution in [3.05, 3.63) is 70.3 Å². The SMILES string of the molecule is CCN(Cc1ccc(N(C)C)cc1)[C@H](C)c1nc2ccccc2c(=O)[nH]1. The lowest BCUT2D eigenvalue weighted by Gasteiger charge is -2.27. The normalized spacial score (nSPS) is 12.5. The van der Waals surface area contributed by atoms with Crippen molar-refractivity contribution >= 4 is 16.6 Å². The fourth-order valence-electron chi connectivity index (χ4n) is 3.13. The molecule has 3 aromatic rings. The van der Waals surface area contributed by atoms with E-state index in [4.69, 9.17) is 0 Å². The standard InChI is InChI=1S/C21H26N4O/c1-5-25(14-16-10-12-17(13-11-16)24(3)4)15(2)20-22-19-9-7-6-8-18(19)21(26)23-20/h6-13,15H,5,14H2,1-4H3,(H,22,23,26)/t15-/m1/s1. The Labute approximate surface area is 154 Å². The molecule has 2 aromatic carbocycles. The van der Waals surface area contributed by atoms with E-state index in [0.29, 0.717) is 11.2 Å². The Bertz CT molecular complexity index is 931. The van der Waals surface area contributed by atoms with E-state index in [9.17, 15) is 4.79 Å². The minimum Gasteiger partial charge on any atom is -0.378 e. The molecule has 0 fully saturated rings. The zero-order valence-electron chi connectivity index (χ0n) is 15.9. The summed E-state index contributed by atoms with van der Waals surface area (Å²) in [6, 6.07) is 16.0. The van der Waals surface area contributed by atoms with E-state index in [2.05, 4.69) is 57.9 Å². The number of H-pyrrole nitrogens is 1. The van der Waals surface area contributed by atoms with E-state index in [0.717, 1.165) is 18.6 Å². The number of hydrogen-bond acceptors (Lipinski definition) is 4. The van der Waals surface area contributed by atoms with Gasteiger partial charge < -0.3 is 9.88 Å². The summed E-state index contributed by atoms with van der Waals surface area (Å²) in [6.45, 7) is 5.89. The van der Waals surface area contributed by atoms with Gasteiger partial charge in [-0.05, 0) is 43.3 Å². The van der Waals surface area contributed by atoms with E-state index in [1.807, 2.05) is 32.3 Å². The molecular weight excluding hydrogens is 324 g/mol. The number of rotatable bonds is 6. The summed E-state index contributed by atoms with van der Waals surface area (Å²) in [4.78, 5) is 24.4. The van der Waals surface area contributed by atoms with Gasteiger partial charge in [0, 0.05) is 26.3 Å². The zero-order valence-corrected chi connectivity index (χ0v) is 15.9. The first kappa shape index (κ1) is 18.1. The molecule has 5 heteroatoms. The summed E-state index contributed by atoms with van der Waals surface area (Å²) >= 11 is 0.